The molecular formula is C9H9ClF3O. The van der Waals surface area contributed by atoms with Gasteiger partial charge in [-0.05, 0) is 11.3 Å². The normalized spacial score (nSPS) is 31.4. The van der Waals surface area contributed by atoms with Gasteiger partial charge < -0.3 is 0 Å². The summed E-state index contributed by atoms with van der Waals surface area (Å²) in [6, 6.07) is 0. The van der Waals surface area contributed by atoms with Gasteiger partial charge in [0.15, 0.2) is 0 Å². The van der Waals surface area contributed by atoms with Crippen LogP contribution in [0.5, 0.6) is 0 Å². The van der Waals surface area contributed by atoms with Gasteiger partial charge >= 0.3 is 6.18 Å². The van der Waals surface area contributed by atoms with E-state index in [1.54, 1.807) is 20.1 Å². The molecule has 0 amide bonds. The maximum absolute atomic E-state index is 12.0. The third-order valence-electron chi connectivity index (χ3n) is 2.63. The molecule has 1 rings (SSSR count). The minimum absolute atomic E-state index is 0.450. The molecule has 0 heterocycles. The Hall–Kier alpha value is -0.510. The highest BCUT2D eigenvalue weighted by Crippen LogP contribution is 2.58. The van der Waals surface area contributed by atoms with E-state index in [0.29, 0.717) is 0 Å². The molecule has 0 aromatic rings. The Morgan fingerprint density at radius 2 is 2.00 bits per heavy atom. The first kappa shape index (κ1) is 11.6. The first-order valence-corrected chi connectivity index (χ1v) is 4.41. The molecule has 1 nitrogen and oxygen atoms in total. The Bertz CT molecular complexity index is 280. The summed E-state index contributed by atoms with van der Waals surface area (Å²) in [6.45, 7) is 3.43. The van der Waals surface area contributed by atoms with Crippen molar-refractivity contribution in [2.24, 2.45) is 17.3 Å². The Morgan fingerprint density at radius 1 is 1.50 bits per heavy atom. The van der Waals surface area contributed by atoms with E-state index in [1.807, 2.05) is 0 Å². The molecule has 1 saturated carbocycles. The number of hydrogen-bond acceptors (Lipinski definition) is 1. The van der Waals surface area contributed by atoms with Gasteiger partial charge in [-0.1, -0.05) is 31.5 Å². The molecule has 1 aliphatic carbocycles. The summed E-state index contributed by atoms with van der Waals surface area (Å²) in [4.78, 5) is 10.3. The van der Waals surface area contributed by atoms with Gasteiger partial charge in [-0.3, -0.25) is 4.79 Å². The van der Waals surface area contributed by atoms with Crippen molar-refractivity contribution in [2.75, 3.05) is 0 Å². The number of carbonyl (C=O) groups excluding carboxylic acids is 1. The third-order valence-corrected chi connectivity index (χ3v) is 2.97. The topological polar surface area (TPSA) is 17.1 Å². The zero-order valence-electron chi connectivity index (χ0n) is 7.65. The standard InChI is InChI=1S/C9H9ClF3O/c1-8(2)5(6(8)4-14)3-7(10)9(11,12)13/h3,5-6H,1-2H3/t5-,6+/m0/s1. The highest BCUT2D eigenvalue weighted by atomic mass is 35.5. The summed E-state index contributed by atoms with van der Waals surface area (Å²) in [6.07, 6.45) is -1.90. The SMILES string of the molecule is CC1(C)[C@H]([C]=O)[C@@H]1C=C(Cl)C(F)(F)F. The van der Waals surface area contributed by atoms with Gasteiger partial charge in [0.1, 0.15) is 5.03 Å². The van der Waals surface area contributed by atoms with Crippen LogP contribution in [-0.4, -0.2) is 12.5 Å². The molecule has 2 atom stereocenters. The lowest BCUT2D eigenvalue weighted by molar-refractivity contribution is -0.0848. The molecule has 0 spiro atoms. The summed E-state index contributed by atoms with van der Waals surface area (Å²) in [5, 5.41) is -1.16. The van der Waals surface area contributed by atoms with Gasteiger partial charge in [-0.15, -0.1) is 0 Å². The van der Waals surface area contributed by atoms with Gasteiger partial charge in [0.05, 0.1) is 0 Å². The molecule has 0 aliphatic heterocycles. The first-order chi connectivity index (χ1) is 6.21. The number of halogens is 4. The maximum atomic E-state index is 12.0. The zero-order chi connectivity index (χ0) is 11.1. The number of allylic oxidation sites excluding steroid dienone is 2. The monoisotopic (exact) mass is 225 g/mol. The van der Waals surface area contributed by atoms with Crippen LogP contribution >= 0.6 is 11.6 Å². The highest BCUT2D eigenvalue weighted by Gasteiger charge is 2.57. The van der Waals surface area contributed by atoms with Crippen LogP contribution in [0.15, 0.2) is 11.1 Å². The summed E-state index contributed by atoms with van der Waals surface area (Å²) in [7, 11) is 0. The molecule has 0 bridgehead atoms. The minimum Gasteiger partial charge on any atom is -0.291 e. The maximum Gasteiger partial charge on any atom is 0.426 e. The van der Waals surface area contributed by atoms with Gasteiger partial charge in [-0.25, -0.2) is 0 Å². The molecule has 0 saturated heterocycles. The van der Waals surface area contributed by atoms with Crippen molar-refractivity contribution in [2.45, 2.75) is 20.0 Å². The van der Waals surface area contributed by atoms with Gasteiger partial charge in [0.2, 0.25) is 6.29 Å². The average molecular weight is 226 g/mol. The lowest BCUT2D eigenvalue weighted by Crippen LogP contribution is -2.07. The van der Waals surface area contributed by atoms with E-state index in [2.05, 4.69) is 0 Å². The minimum atomic E-state index is -4.52. The summed E-state index contributed by atoms with van der Waals surface area (Å²) >= 11 is 5.05. The largest absolute Gasteiger partial charge is 0.426 e. The van der Waals surface area contributed by atoms with Crippen molar-refractivity contribution in [3.63, 3.8) is 0 Å². The van der Waals surface area contributed by atoms with Crippen LogP contribution < -0.4 is 0 Å². The van der Waals surface area contributed by atoms with Gasteiger partial charge in [0, 0.05) is 5.92 Å². The second-order valence-corrected chi connectivity index (χ2v) is 4.36. The fourth-order valence-electron chi connectivity index (χ4n) is 1.47. The van der Waals surface area contributed by atoms with E-state index in [0.717, 1.165) is 6.08 Å². The Balaban J connectivity index is 2.77. The van der Waals surface area contributed by atoms with E-state index < -0.39 is 28.5 Å². The van der Waals surface area contributed by atoms with E-state index >= 15 is 0 Å². The van der Waals surface area contributed by atoms with Crippen molar-refractivity contribution < 1.29 is 18.0 Å². The Labute approximate surface area is 84.9 Å². The lowest BCUT2D eigenvalue weighted by Gasteiger charge is -2.04. The highest BCUT2D eigenvalue weighted by molar-refractivity contribution is 6.30. The molecule has 0 aromatic heterocycles. The molecule has 5 heteroatoms. The Kier molecular flexibility index (Phi) is 2.69. The molecule has 0 N–H and O–H groups in total. The average Bonchev–Trinajstić information content (AvgIpc) is 2.51. The second-order valence-electron chi connectivity index (χ2n) is 3.96. The van der Waals surface area contributed by atoms with Crippen LogP contribution in [0.3, 0.4) is 0 Å². The van der Waals surface area contributed by atoms with Crippen LogP contribution in [0.1, 0.15) is 13.8 Å². The zero-order valence-corrected chi connectivity index (χ0v) is 8.41. The summed E-state index contributed by atoms with van der Waals surface area (Å²) in [5.41, 5.74) is -0.451. The number of rotatable bonds is 2. The molecule has 79 valence electrons. The van der Waals surface area contributed by atoms with Crippen LogP contribution in [0.25, 0.3) is 0 Å². The van der Waals surface area contributed by atoms with Crippen LogP contribution in [-0.2, 0) is 4.79 Å². The van der Waals surface area contributed by atoms with Crippen LogP contribution in [0.2, 0.25) is 0 Å². The smallest absolute Gasteiger partial charge is 0.291 e. The van der Waals surface area contributed by atoms with E-state index in [1.165, 1.54) is 0 Å². The molecule has 0 unspecified atom stereocenters. The molecule has 14 heavy (non-hydrogen) atoms. The quantitative estimate of drug-likeness (QED) is 0.706. The molecule has 1 aliphatic rings. The first-order valence-electron chi connectivity index (χ1n) is 4.03. The molecule has 1 radical (unpaired) electrons. The third kappa shape index (κ3) is 1.95. The van der Waals surface area contributed by atoms with Crippen LogP contribution in [0, 0.1) is 17.3 Å². The van der Waals surface area contributed by atoms with E-state index in [9.17, 15) is 18.0 Å². The van der Waals surface area contributed by atoms with E-state index in [4.69, 9.17) is 11.6 Å². The molecular weight excluding hydrogens is 217 g/mol. The second kappa shape index (κ2) is 3.26. The molecule has 0 aromatic carbocycles. The van der Waals surface area contributed by atoms with Crippen LogP contribution in [0.4, 0.5) is 13.2 Å². The number of hydrogen-bond donors (Lipinski definition) is 0. The Morgan fingerprint density at radius 3 is 2.29 bits per heavy atom. The van der Waals surface area contributed by atoms with Crippen molar-refractivity contribution in [3.05, 3.63) is 11.1 Å². The summed E-state index contributed by atoms with van der Waals surface area (Å²) < 4.78 is 36.1. The predicted molar refractivity (Wildman–Crippen MR) is 46.4 cm³/mol. The lowest BCUT2D eigenvalue weighted by atomic mass is 10.1. The van der Waals surface area contributed by atoms with Crippen molar-refractivity contribution in [1.82, 2.24) is 0 Å². The van der Waals surface area contributed by atoms with Gasteiger partial charge in [0.25, 0.3) is 0 Å². The molecule has 1 fully saturated rings. The van der Waals surface area contributed by atoms with Crippen molar-refractivity contribution >= 4 is 17.9 Å². The van der Waals surface area contributed by atoms with Crippen molar-refractivity contribution in [1.29, 1.82) is 0 Å². The fourth-order valence-corrected chi connectivity index (χ4v) is 1.60. The van der Waals surface area contributed by atoms with E-state index in [-0.39, 0.29) is 0 Å². The fraction of sp³-hybridized carbons (Fsp3) is 0.667. The van der Waals surface area contributed by atoms with Crippen molar-refractivity contribution in [3.8, 4) is 0 Å². The number of alkyl halides is 3. The van der Waals surface area contributed by atoms with Gasteiger partial charge in [-0.2, -0.15) is 13.2 Å². The summed E-state index contributed by atoms with van der Waals surface area (Å²) in [5.74, 6) is -0.923. The predicted octanol–water partition coefficient (Wildman–Crippen LogP) is 3.05.